The molecule has 2 atom stereocenters. The second-order valence-corrected chi connectivity index (χ2v) is 15.4. The number of aromatic nitrogens is 3. The number of amides is 1. The van der Waals surface area contributed by atoms with E-state index in [-0.39, 0.29) is 6.09 Å². The molecule has 2 aliphatic rings. The lowest BCUT2D eigenvalue weighted by atomic mass is 9.86. The van der Waals surface area contributed by atoms with Gasteiger partial charge in [-0.1, -0.05) is 79.7 Å². The molecule has 0 bridgehead atoms. The number of aryl methyl sites for hydroxylation is 1. The van der Waals surface area contributed by atoms with Gasteiger partial charge in [-0.05, 0) is 85.9 Å². The fourth-order valence-electron chi connectivity index (χ4n) is 7.34. The Balaban J connectivity index is 1.05. The zero-order valence-electron chi connectivity index (χ0n) is 31.6. The highest BCUT2D eigenvalue weighted by Crippen LogP contribution is 2.37. The van der Waals surface area contributed by atoms with E-state index in [0.29, 0.717) is 36.8 Å². The van der Waals surface area contributed by atoms with Gasteiger partial charge in [-0.15, -0.1) is 0 Å². The number of hydrogen-bond acceptors (Lipinski definition) is 7. The maximum absolute atomic E-state index is 12.6. The van der Waals surface area contributed by atoms with Crippen molar-refractivity contribution in [3.05, 3.63) is 114 Å². The lowest BCUT2D eigenvalue weighted by molar-refractivity contribution is 0.00920. The summed E-state index contributed by atoms with van der Waals surface area (Å²) in [5, 5.41) is 6.05. The van der Waals surface area contributed by atoms with Crippen molar-refractivity contribution in [1.82, 2.24) is 24.6 Å². The Hall–Kier alpha value is -5.15. The quantitative estimate of drug-likeness (QED) is 0.143. The Bertz CT molecular complexity index is 2050. The van der Waals surface area contributed by atoms with Crippen molar-refractivity contribution in [2.75, 3.05) is 32.7 Å². The molecule has 3 aromatic carbocycles. The van der Waals surface area contributed by atoms with Gasteiger partial charge in [-0.2, -0.15) is 10.1 Å². The highest BCUT2D eigenvalue weighted by atomic mass is 16.6. The van der Waals surface area contributed by atoms with E-state index in [1.54, 1.807) is 0 Å². The predicted octanol–water partition coefficient (Wildman–Crippen LogP) is 8.78. The Kier molecular flexibility index (Phi) is 10.8. The molecule has 5 aromatic rings. The first-order valence-electron chi connectivity index (χ1n) is 18.8. The zero-order chi connectivity index (χ0) is 37.0. The van der Waals surface area contributed by atoms with Crippen LogP contribution in [0.2, 0.25) is 0 Å². The van der Waals surface area contributed by atoms with Gasteiger partial charge in [-0.25, -0.2) is 4.79 Å². The summed E-state index contributed by atoms with van der Waals surface area (Å²) >= 11 is 0. The minimum Gasteiger partial charge on any atom is -0.473 e. The summed E-state index contributed by atoms with van der Waals surface area (Å²) in [6.45, 7) is 13.3. The topological polar surface area (TPSA) is 82.0 Å². The Morgan fingerprint density at radius 3 is 2.26 bits per heavy atom. The first-order valence-corrected chi connectivity index (χ1v) is 18.8. The van der Waals surface area contributed by atoms with Crippen molar-refractivity contribution in [1.29, 1.82) is 0 Å². The van der Waals surface area contributed by atoms with E-state index in [1.807, 2.05) is 110 Å². The molecule has 0 aliphatic carbocycles. The Labute approximate surface area is 313 Å². The zero-order valence-corrected chi connectivity index (χ0v) is 31.6. The van der Waals surface area contributed by atoms with Crippen LogP contribution in [-0.4, -0.2) is 69.0 Å². The molecule has 0 N–H and O–H groups in total. The fraction of sp³-hybridized carbons (Fsp3) is 0.386. The molecular weight excluding hydrogens is 663 g/mol. The number of rotatable bonds is 10. The minimum atomic E-state index is -0.470. The van der Waals surface area contributed by atoms with Gasteiger partial charge in [0, 0.05) is 51.2 Å². The van der Waals surface area contributed by atoms with Crippen LogP contribution in [0.15, 0.2) is 97.1 Å². The Morgan fingerprint density at radius 1 is 0.887 bits per heavy atom. The van der Waals surface area contributed by atoms with Gasteiger partial charge in [0.2, 0.25) is 11.8 Å². The lowest BCUT2D eigenvalue weighted by Gasteiger charge is -2.40. The van der Waals surface area contributed by atoms with Crippen molar-refractivity contribution >= 4 is 22.6 Å². The van der Waals surface area contributed by atoms with Gasteiger partial charge in [0.15, 0.2) is 0 Å². The predicted molar refractivity (Wildman–Crippen MR) is 210 cm³/mol. The average Bonchev–Trinajstić information content (AvgIpc) is 3.49. The van der Waals surface area contributed by atoms with Crippen LogP contribution in [0.25, 0.3) is 27.7 Å². The van der Waals surface area contributed by atoms with E-state index in [0.717, 1.165) is 78.9 Å². The van der Waals surface area contributed by atoms with Gasteiger partial charge in [-0.3, -0.25) is 9.58 Å². The van der Waals surface area contributed by atoms with Crippen molar-refractivity contribution in [2.24, 2.45) is 18.9 Å². The van der Waals surface area contributed by atoms with Crippen LogP contribution in [0.5, 0.6) is 11.8 Å². The molecule has 2 aromatic heterocycles. The van der Waals surface area contributed by atoms with Crippen LogP contribution in [0.3, 0.4) is 0 Å². The molecule has 0 radical (unpaired) electrons. The molecule has 4 heterocycles. The number of carbonyl (C=O) groups excluding carboxylic acids is 1. The summed E-state index contributed by atoms with van der Waals surface area (Å²) in [6.07, 6.45) is 4.19. The lowest BCUT2D eigenvalue weighted by Crippen LogP contribution is -2.47. The maximum atomic E-state index is 12.6. The summed E-state index contributed by atoms with van der Waals surface area (Å²) in [6, 6.07) is 30.8. The second kappa shape index (κ2) is 15.8. The second-order valence-electron chi connectivity index (χ2n) is 15.4. The van der Waals surface area contributed by atoms with Crippen LogP contribution in [0.1, 0.15) is 57.2 Å². The van der Waals surface area contributed by atoms with Crippen molar-refractivity contribution in [3.8, 4) is 23.0 Å². The smallest absolute Gasteiger partial charge is 0.410 e. The summed E-state index contributed by atoms with van der Waals surface area (Å²) in [7, 11) is 2.00. The van der Waals surface area contributed by atoms with E-state index in [4.69, 9.17) is 24.3 Å². The molecule has 7 rings (SSSR count). The number of hydrogen-bond donors (Lipinski definition) is 0. The van der Waals surface area contributed by atoms with Crippen LogP contribution in [-0.2, 0) is 25.0 Å². The average molecular weight is 714 g/mol. The summed E-state index contributed by atoms with van der Waals surface area (Å²) in [4.78, 5) is 21.9. The number of fused-ring (bicyclic) bond motifs is 1. The van der Waals surface area contributed by atoms with E-state index in [1.165, 1.54) is 11.1 Å². The normalized spacial score (nSPS) is 18.1. The number of likely N-dealkylation sites (tertiary alicyclic amines) is 1. The molecule has 9 nitrogen and oxygen atoms in total. The monoisotopic (exact) mass is 713 g/mol. The molecule has 53 heavy (non-hydrogen) atoms. The highest BCUT2D eigenvalue weighted by molar-refractivity contribution is 5.96. The van der Waals surface area contributed by atoms with Crippen molar-refractivity contribution in [2.45, 2.75) is 59.4 Å². The SMILES string of the molecule is C[C@@H]1CN(C(=O)OC(C)(C)C)CC[C@@H]1CN1CC=C(c2ccc3c(-c4ccc(OCc5ccccc5)nc4OCc4ccccc4)nn(C)c3c2)CC1. The molecule has 2 aliphatic heterocycles. The molecule has 9 heteroatoms. The number of carbonyl (C=O) groups is 1. The van der Waals surface area contributed by atoms with E-state index >= 15 is 0 Å². The first-order chi connectivity index (χ1) is 25.6. The molecular formula is C44H51N5O4. The van der Waals surface area contributed by atoms with Crippen LogP contribution in [0.4, 0.5) is 4.79 Å². The highest BCUT2D eigenvalue weighted by Gasteiger charge is 2.32. The summed E-state index contributed by atoms with van der Waals surface area (Å²) in [5.41, 5.74) is 6.97. The number of nitrogens with zero attached hydrogens (tertiary/aromatic N) is 5. The van der Waals surface area contributed by atoms with Gasteiger partial charge in [0.1, 0.15) is 24.5 Å². The molecule has 1 fully saturated rings. The number of pyridine rings is 1. The minimum absolute atomic E-state index is 0.193. The number of benzene rings is 3. The fourth-order valence-corrected chi connectivity index (χ4v) is 7.34. The summed E-state index contributed by atoms with van der Waals surface area (Å²) < 4.78 is 20.0. The summed E-state index contributed by atoms with van der Waals surface area (Å²) in [5.74, 6) is 1.99. The van der Waals surface area contributed by atoms with Crippen molar-refractivity contribution < 1.29 is 19.0 Å². The van der Waals surface area contributed by atoms with Crippen molar-refractivity contribution in [3.63, 3.8) is 0 Å². The van der Waals surface area contributed by atoms with Gasteiger partial charge in [0.25, 0.3) is 0 Å². The maximum Gasteiger partial charge on any atom is 0.410 e. The van der Waals surface area contributed by atoms with Gasteiger partial charge in [0.05, 0.1) is 11.1 Å². The van der Waals surface area contributed by atoms with Crippen LogP contribution >= 0.6 is 0 Å². The molecule has 276 valence electrons. The molecule has 0 saturated carbocycles. The largest absolute Gasteiger partial charge is 0.473 e. The third-order valence-corrected chi connectivity index (χ3v) is 10.3. The first kappa shape index (κ1) is 36.2. The molecule has 1 saturated heterocycles. The molecule has 0 unspecified atom stereocenters. The van der Waals surface area contributed by atoms with Gasteiger partial charge < -0.3 is 19.1 Å². The van der Waals surface area contributed by atoms with Gasteiger partial charge >= 0.3 is 6.09 Å². The Morgan fingerprint density at radius 2 is 1.60 bits per heavy atom. The molecule has 0 spiro atoms. The number of piperidine rings is 1. The third-order valence-electron chi connectivity index (χ3n) is 10.3. The van der Waals surface area contributed by atoms with E-state index in [2.05, 4.69) is 36.1 Å². The van der Waals surface area contributed by atoms with Crippen LogP contribution < -0.4 is 9.47 Å². The molecule has 1 amide bonds. The standard InChI is InChI=1S/C44H51N5O4/c1-31-27-49(43(50)53-44(2,3)4)25-22-36(31)28-48-23-20-34(21-24-48)35-16-17-37-39(26-35)47(5)46-41(37)38-18-19-40(51-29-32-12-8-6-9-13-32)45-42(38)52-30-33-14-10-7-11-15-33/h6-20,26,31,36H,21-25,27-30H2,1-5H3/t31-,36-/m1/s1. The van der Waals surface area contributed by atoms with E-state index in [9.17, 15) is 4.79 Å². The van der Waals surface area contributed by atoms with E-state index < -0.39 is 5.60 Å². The number of ether oxygens (including phenoxy) is 3. The van der Waals surface area contributed by atoms with Crippen LogP contribution in [0, 0.1) is 11.8 Å². The third kappa shape index (κ3) is 8.91.